The van der Waals surface area contributed by atoms with Gasteiger partial charge in [0.1, 0.15) is 12.4 Å². The van der Waals surface area contributed by atoms with Crippen LogP contribution in [0.3, 0.4) is 0 Å². The van der Waals surface area contributed by atoms with Crippen molar-refractivity contribution < 1.29 is 19.1 Å². The van der Waals surface area contributed by atoms with E-state index >= 15 is 0 Å². The lowest BCUT2D eigenvalue weighted by atomic mass is 9.98. The maximum absolute atomic E-state index is 12.1. The van der Waals surface area contributed by atoms with Crippen molar-refractivity contribution in [1.82, 2.24) is 0 Å². The summed E-state index contributed by atoms with van der Waals surface area (Å²) >= 11 is 0. The van der Waals surface area contributed by atoms with E-state index in [1.54, 1.807) is 24.3 Å². The Morgan fingerprint density at radius 2 is 1.37 bits per heavy atom. The molecular weight excluding hydrogens is 340 g/mol. The fourth-order valence-corrected chi connectivity index (χ4v) is 3.47. The summed E-state index contributed by atoms with van der Waals surface area (Å²) in [5.41, 5.74) is 5.22. The zero-order chi connectivity index (χ0) is 18.8. The fraction of sp³-hybridized carbons (Fsp3) is 0.130. The number of hydrogen-bond donors (Lipinski definition) is 0. The number of ether oxygens (including phenoxy) is 2. The number of benzene rings is 3. The number of hydrogen-bond acceptors (Lipinski definition) is 4. The molecule has 0 aromatic heterocycles. The second-order valence-electron chi connectivity index (χ2n) is 6.47. The molecule has 0 unspecified atom stereocenters. The highest BCUT2D eigenvalue weighted by atomic mass is 16.7. The van der Waals surface area contributed by atoms with Gasteiger partial charge in [-0.25, -0.2) is 4.79 Å². The minimum atomic E-state index is -0.757. The maximum Gasteiger partial charge on any atom is 0.513 e. The summed E-state index contributed by atoms with van der Waals surface area (Å²) in [6.07, 6.45) is -0.757. The van der Waals surface area contributed by atoms with Crippen molar-refractivity contribution >= 4 is 11.9 Å². The van der Waals surface area contributed by atoms with Gasteiger partial charge in [-0.15, -0.1) is 0 Å². The van der Waals surface area contributed by atoms with E-state index in [0.717, 1.165) is 11.1 Å². The molecule has 0 fully saturated rings. The van der Waals surface area contributed by atoms with Crippen LogP contribution in [-0.2, 0) is 4.74 Å². The van der Waals surface area contributed by atoms with Gasteiger partial charge >= 0.3 is 6.16 Å². The molecular formula is C23H18O4. The molecule has 134 valence electrons. The third-order valence-electron chi connectivity index (χ3n) is 4.79. The van der Waals surface area contributed by atoms with Gasteiger partial charge in [-0.1, -0.05) is 48.5 Å². The van der Waals surface area contributed by atoms with Crippen molar-refractivity contribution in [2.45, 2.75) is 12.8 Å². The molecule has 0 aliphatic heterocycles. The van der Waals surface area contributed by atoms with E-state index in [1.165, 1.54) is 18.1 Å². The molecule has 0 N–H and O–H groups in total. The first-order chi connectivity index (χ1) is 13.1. The quantitative estimate of drug-likeness (QED) is 0.365. The number of ketones is 1. The summed E-state index contributed by atoms with van der Waals surface area (Å²) in [7, 11) is 0. The summed E-state index contributed by atoms with van der Waals surface area (Å²) in [6.45, 7) is 1.69. The molecule has 0 amide bonds. The lowest BCUT2D eigenvalue weighted by molar-refractivity contribution is 0.0965. The Hall–Kier alpha value is -3.40. The lowest BCUT2D eigenvalue weighted by Crippen LogP contribution is -2.15. The molecule has 0 radical (unpaired) electrons. The maximum atomic E-state index is 12.1. The van der Waals surface area contributed by atoms with E-state index in [1.807, 2.05) is 24.3 Å². The molecule has 0 saturated heterocycles. The highest BCUT2D eigenvalue weighted by molar-refractivity contribution is 5.94. The zero-order valence-electron chi connectivity index (χ0n) is 14.8. The van der Waals surface area contributed by atoms with Crippen LogP contribution in [0, 0.1) is 0 Å². The number of rotatable bonds is 4. The predicted molar refractivity (Wildman–Crippen MR) is 102 cm³/mol. The summed E-state index contributed by atoms with van der Waals surface area (Å²) in [6, 6.07) is 22.7. The molecule has 0 spiro atoms. The first kappa shape index (κ1) is 17.0. The Bertz CT molecular complexity index is 959. The number of Topliss-reactive ketones (excluding diaryl/α,β-unsaturated/α-hetero) is 1. The Morgan fingerprint density at radius 3 is 1.93 bits per heavy atom. The topological polar surface area (TPSA) is 52.6 Å². The summed E-state index contributed by atoms with van der Waals surface area (Å²) in [5.74, 6) is 0.296. The highest BCUT2D eigenvalue weighted by Crippen LogP contribution is 2.44. The van der Waals surface area contributed by atoms with E-state index in [2.05, 4.69) is 24.3 Å². The molecule has 4 nitrogen and oxygen atoms in total. The standard InChI is InChI=1S/C23H18O4/c1-15(24)16-10-12-17(13-11-16)27-23(25)26-14-22-20-8-4-2-6-18(20)19-7-3-5-9-21(19)22/h2-13,22H,14H2,1H3. The third kappa shape index (κ3) is 3.34. The van der Waals surface area contributed by atoms with E-state index in [9.17, 15) is 9.59 Å². The largest absolute Gasteiger partial charge is 0.513 e. The van der Waals surface area contributed by atoms with Crippen LogP contribution < -0.4 is 4.74 Å². The van der Waals surface area contributed by atoms with Gasteiger partial charge in [0.15, 0.2) is 5.78 Å². The van der Waals surface area contributed by atoms with E-state index in [-0.39, 0.29) is 18.3 Å². The van der Waals surface area contributed by atoms with Crippen molar-refractivity contribution in [3.63, 3.8) is 0 Å². The van der Waals surface area contributed by atoms with Crippen LogP contribution in [0.4, 0.5) is 4.79 Å². The van der Waals surface area contributed by atoms with Crippen LogP contribution in [0.25, 0.3) is 11.1 Å². The van der Waals surface area contributed by atoms with E-state index in [4.69, 9.17) is 9.47 Å². The van der Waals surface area contributed by atoms with E-state index in [0.29, 0.717) is 11.3 Å². The average molecular weight is 358 g/mol. The molecule has 0 heterocycles. The lowest BCUT2D eigenvalue weighted by Gasteiger charge is -2.14. The third-order valence-corrected chi connectivity index (χ3v) is 4.79. The van der Waals surface area contributed by atoms with Crippen molar-refractivity contribution in [1.29, 1.82) is 0 Å². The first-order valence-corrected chi connectivity index (χ1v) is 8.77. The van der Waals surface area contributed by atoms with E-state index < -0.39 is 6.16 Å². The molecule has 0 bridgehead atoms. The number of fused-ring (bicyclic) bond motifs is 3. The monoisotopic (exact) mass is 358 g/mol. The second kappa shape index (κ2) is 7.08. The Morgan fingerprint density at radius 1 is 0.815 bits per heavy atom. The molecule has 3 aromatic carbocycles. The van der Waals surface area contributed by atoms with Crippen LogP contribution in [0.5, 0.6) is 5.75 Å². The second-order valence-corrected chi connectivity index (χ2v) is 6.47. The molecule has 4 rings (SSSR count). The Kier molecular flexibility index (Phi) is 4.47. The molecule has 27 heavy (non-hydrogen) atoms. The van der Waals surface area contributed by atoms with Crippen LogP contribution in [0.1, 0.15) is 34.3 Å². The molecule has 0 saturated carbocycles. The molecule has 1 aliphatic rings. The Labute approximate surface area is 157 Å². The summed E-state index contributed by atoms with van der Waals surface area (Å²) < 4.78 is 10.6. The first-order valence-electron chi connectivity index (χ1n) is 8.77. The molecule has 1 aliphatic carbocycles. The van der Waals surface area contributed by atoms with Crippen molar-refractivity contribution in [2.24, 2.45) is 0 Å². The minimum Gasteiger partial charge on any atom is -0.433 e. The minimum absolute atomic E-state index is 0.00922. The molecule has 0 atom stereocenters. The highest BCUT2D eigenvalue weighted by Gasteiger charge is 2.29. The van der Waals surface area contributed by atoms with Crippen molar-refractivity contribution in [3.8, 4) is 16.9 Å². The van der Waals surface area contributed by atoms with Gasteiger partial charge in [-0.2, -0.15) is 0 Å². The Balaban J connectivity index is 1.45. The predicted octanol–water partition coefficient (Wildman–Crippen LogP) is 5.22. The van der Waals surface area contributed by atoms with Crippen molar-refractivity contribution in [3.05, 3.63) is 89.5 Å². The van der Waals surface area contributed by atoms with Gasteiger partial charge in [-0.3, -0.25) is 4.79 Å². The fourth-order valence-electron chi connectivity index (χ4n) is 3.47. The van der Waals surface area contributed by atoms with Gasteiger partial charge < -0.3 is 9.47 Å². The van der Waals surface area contributed by atoms with Crippen LogP contribution in [0.2, 0.25) is 0 Å². The van der Waals surface area contributed by atoms with Gasteiger partial charge in [0.05, 0.1) is 0 Å². The normalized spacial score (nSPS) is 12.2. The van der Waals surface area contributed by atoms with Crippen LogP contribution in [0.15, 0.2) is 72.8 Å². The molecule has 4 heteroatoms. The summed E-state index contributed by atoms with van der Waals surface area (Å²) in [5, 5.41) is 0. The van der Waals surface area contributed by atoms with Crippen LogP contribution >= 0.6 is 0 Å². The summed E-state index contributed by atoms with van der Waals surface area (Å²) in [4.78, 5) is 23.4. The van der Waals surface area contributed by atoms with Gasteiger partial charge in [0.25, 0.3) is 0 Å². The average Bonchev–Trinajstić information content (AvgIpc) is 3.01. The van der Waals surface area contributed by atoms with Gasteiger partial charge in [-0.05, 0) is 53.4 Å². The van der Waals surface area contributed by atoms with Gasteiger partial charge in [0.2, 0.25) is 0 Å². The van der Waals surface area contributed by atoms with Crippen LogP contribution in [-0.4, -0.2) is 18.5 Å². The number of carbonyl (C=O) groups is 2. The smallest absolute Gasteiger partial charge is 0.433 e. The SMILES string of the molecule is CC(=O)c1ccc(OC(=O)OCC2c3ccccc3-c3ccccc32)cc1. The molecule has 3 aromatic rings. The zero-order valence-corrected chi connectivity index (χ0v) is 14.8. The van der Waals surface area contributed by atoms with Gasteiger partial charge in [0, 0.05) is 11.5 Å². The number of carbonyl (C=O) groups excluding carboxylic acids is 2. The van der Waals surface area contributed by atoms with Crippen molar-refractivity contribution in [2.75, 3.05) is 6.61 Å².